The Morgan fingerprint density at radius 1 is 1.08 bits per heavy atom. The van der Waals surface area contributed by atoms with Crippen LogP contribution in [-0.4, -0.2) is 24.8 Å². The smallest absolute Gasteiger partial charge is 0.299 e. The summed E-state index contributed by atoms with van der Waals surface area (Å²) in [6, 6.07) is 12.9. The molecule has 1 aliphatic heterocycles. The van der Waals surface area contributed by atoms with Crippen molar-refractivity contribution >= 4 is 29.0 Å². The Morgan fingerprint density at radius 2 is 1.88 bits per heavy atom. The quantitative estimate of drug-likeness (QED) is 0.587. The summed E-state index contributed by atoms with van der Waals surface area (Å²) in [6.07, 6.45) is 1.52. The highest BCUT2D eigenvalue weighted by molar-refractivity contribution is 6.54. The Morgan fingerprint density at radius 3 is 2.67 bits per heavy atom. The number of ketones is 1. The molecular formula is C19H18ClNO3. The van der Waals surface area contributed by atoms with Crippen LogP contribution >= 0.6 is 11.6 Å². The van der Waals surface area contributed by atoms with Gasteiger partial charge in [-0.1, -0.05) is 29.8 Å². The van der Waals surface area contributed by atoms with Crippen molar-refractivity contribution in [1.29, 1.82) is 0 Å². The second-order valence-corrected chi connectivity index (χ2v) is 6.20. The number of nitrogens with zero attached hydrogens (tertiary/aromatic N) is 1. The molecule has 3 rings (SSSR count). The Labute approximate surface area is 146 Å². The molecule has 0 saturated carbocycles. The predicted octanol–water partition coefficient (Wildman–Crippen LogP) is 4.04. The third-order valence-corrected chi connectivity index (χ3v) is 4.28. The molecule has 0 bridgehead atoms. The number of anilines is 1. The van der Waals surface area contributed by atoms with Crippen LogP contribution in [0.25, 0.3) is 0 Å². The van der Waals surface area contributed by atoms with Gasteiger partial charge in [-0.15, -0.1) is 0 Å². The van der Waals surface area contributed by atoms with Crippen molar-refractivity contribution in [1.82, 2.24) is 0 Å². The van der Waals surface area contributed by atoms with Crippen LogP contribution in [0.2, 0.25) is 5.02 Å². The summed E-state index contributed by atoms with van der Waals surface area (Å²) in [4.78, 5) is 25.6. The minimum absolute atomic E-state index is 0.392. The largest absolute Gasteiger partial charge is 0.494 e. The molecule has 0 unspecified atom stereocenters. The third kappa shape index (κ3) is 3.29. The lowest BCUT2D eigenvalue weighted by atomic mass is 10.1. The topological polar surface area (TPSA) is 46.6 Å². The van der Waals surface area contributed by atoms with Crippen molar-refractivity contribution in [2.75, 3.05) is 18.1 Å². The number of rotatable bonds is 6. The fourth-order valence-corrected chi connectivity index (χ4v) is 3.07. The third-order valence-electron chi connectivity index (χ3n) is 3.98. The molecule has 1 heterocycles. The van der Waals surface area contributed by atoms with Crippen LogP contribution in [0.3, 0.4) is 0 Å². The van der Waals surface area contributed by atoms with E-state index < -0.39 is 11.7 Å². The summed E-state index contributed by atoms with van der Waals surface area (Å²) < 4.78 is 5.70. The zero-order chi connectivity index (χ0) is 17.1. The summed E-state index contributed by atoms with van der Waals surface area (Å²) in [5.74, 6) is -0.142. The van der Waals surface area contributed by atoms with E-state index in [9.17, 15) is 9.59 Å². The van der Waals surface area contributed by atoms with E-state index in [2.05, 4.69) is 0 Å². The molecule has 0 spiro atoms. The van der Waals surface area contributed by atoms with E-state index in [1.807, 2.05) is 31.2 Å². The first-order valence-electron chi connectivity index (χ1n) is 7.92. The fraction of sp³-hybridized carbons (Fsp3) is 0.263. The Hall–Kier alpha value is -2.33. The number of fused-ring (bicyclic) bond motifs is 1. The summed E-state index contributed by atoms with van der Waals surface area (Å²) in [5.41, 5.74) is 2.08. The van der Waals surface area contributed by atoms with Gasteiger partial charge in [0.1, 0.15) is 5.75 Å². The number of unbranched alkanes of at least 4 members (excludes halogenated alkanes) is 1. The fourth-order valence-electron chi connectivity index (χ4n) is 2.79. The number of ether oxygens (including phenoxy) is 1. The van der Waals surface area contributed by atoms with Crippen molar-refractivity contribution in [3.05, 3.63) is 58.6 Å². The molecule has 0 aliphatic carbocycles. The maximum absolute atomic E-state index is 12.1. The summed E-state index contributed by atoms with van der Waals surface area (Å²) in [6.45, 7) is 3.04. The Kier molecular flexibility index (Phi) is 4.86. The van der Waals surface area contributed by atoms with Crippen LogP contribution in [0.15, 0.2) is 42.5 Å². The number of halogens is 1. The van der Waals surface area contributed by atoms with Crippen LogP contribution in [0.5, 0.6) is 5.75 Å². The van der Waals surface area contributed by atoms with E-state index in [0.717, 1.165) is 24.2 Å². The molecule has 4 nitrogen and oxygen atoms in total. The van der Waals surface area contributed by atoms with Crippen LogP contribution in [-0.2, 0) is 4.79 Å². The summed E-state index contributed by atoms with van der Waals surface area (Å²) in [7, 11) is 0. The van der Waals surface area contributed by atoms with Crippen molar-refractivity contribution in [3.8, 4) is 5.75 Å². The summed E-state index contributed by atoms with van der Waals surface area (Å²) >= 11 is 6.16. The van der Waals surface area contributed by atoms with Crippen LogP contribution in [0.1, 0.15) is 28.8 Å². The molecule has 0 fully saturated rings. The number of aryl methyl sites for hydroxylation is 1. The number of para-hydroxylation sites is 1. The van der Waals surface area contributed by atoms with Gasteiger partial charge in [0.15, 0.2) is 0 Å². The molecule has 1 amide bonds. The zero-order valence-corrected chi connectivity index (χ0v) is 14.2. The van der Waals surface area contributed by atoms with Gasteiger partial charge >= 0.3 is 0 Å². The highest BCUT2D eigenvalue weighted by Crippen LogP contribution is 2.35. The number of benzene rings is 2. The van der Waals surface area contributed by atoms with E-state index in [1.165, 1.54) is 4.90 Å². The van der Waals surface area contributed by atoms with Gasteiger partial charge in [-0.05, 0) is 49.6 Å². The first kappa shape index (κ1) is 16.5. The van der Waals surface area contributed by atoms with Gasteiger partial charge < -0.3 is 9.64 Å². The molecule has 5 heteroatoms. The van der Waals surface area contributed by atoms with Crippen molar-refractivity contribution < 1.29 is 14.3 Å². The molecular weight excluding hydrogens is 326 g/mol. The van der Waals surface area contributed by atoms with E-state index >= 15 is 0 Å². The minimum atomic E-state index is -0.502. The minimum Gasteiger partial charge on any atom is -0.494 e. The number of hydrogen-bond acceptors (Lipinski definition) is 3. The van der Waals surface area contributed by atoms with Gasteiger partial charge in [0, 0.05) is 6.54 Å². The molecule has 2 aromatic carbocycles. The number of amides is 1. The van der Waals surface area contributed by atoms with Gasteiger partial charge in [0.2, 0.25) is 0 Å². The van der Waals surface area contributed by atoms with Crippen molar-refractivity contribution in [2.24, 2.45) is 0 Å². The second kappa shape index (κ2) is 7.05. The zero-order valence-electron chi connectivity index (χ0n) is 13.4. The van der Waals surface area contributed by atoms with Gasteiger partial charge in [-0.3, -0.25) is 9.59 Å². The number of carbonyl (C=O) groups excluding carboxylic acids is 2. The highest BCUT2D eigenvalue weighted by Gasteiger charge is 2.36. The Bertz CT molecular complexity index is 788. The first-order chi connectivity index (χ1) is 11.6. The van der Waals surface area contributed by atoms with Crippen LogP contribution < -0.4 is 9.64 Å². The SMILES string of the molecule is Cc1cccc(OCCCCN2C(=O)C(=O)c3cccc(Cl)c32)c1. The number of hydrogen-bond donors (Lipinski definition) is 0. The van der Waals surface area contributed by atoms with Crippen molar-refractivity contribution in [2.45, 2.75) is 19.8 Å². The lowest BCUT2D eigenvalue weighted by Crippen LogP contribution is -2.31. The summed E-state index contributed by atoms with van der Waals surface area (Å²) in [5, 5.41) is 0.433. The maximum Gasteiger partial charge on any atom is 0.299 e. The van der Waals surface area contributed by atoms with E-state index in [-0.39, 0.29) is 0 Å². The van der Waals surface area contributed by atoms with E-state index in [4.69, 9.17) is 16.3 Å². The van der Waals surface area contributed by atoms with Gasteiger partial charge in [0.25, 0.3) is 11.7 Å². The molecule has 1 aliphatic rings. The maximum atomic E-state index is 12.1. The molecule has 0 aromatic heterocycles. The average molecular weight is 344 g/mol. The average Bonchev–Trinajstić information content (AvgIpc) is 2.81. The first-order valence-corrected chi connectivity index (χ1v) is 8.30. The van der Waals surface area contributed by atoms with Crippen molar-refractivity contribution in [3.63, 3.8) is 0 Å². The number of Topliss-reactive ketones (excluding diaryl/α,β-unsaturated/α-hetero) is 1. The lowest BCUT2D eigenvalue weighted by molar-refractivity contribution is -0.114. The molecule has 2 aromatic rings. The number of carbonyl (C=O) groups is 2. The molecule has 0 atom stereocenters. The molecule has 24 heavy (non-hydrogen) atoms. The lowest BCUT2D eigenvalue weighted by Gasteiger charge is -2.17. The molecule has 0 saturated heterocycles. The van der Waals surface area contributed by atoms with Gasteiger partial charge in [-0.2, -0.15) is 0 Å². The molecule has 124 valence electrons. The normalized spacial score (nSPS) is 13.3. The molecule has 0 radical (unpaired) electrons. The van der Waals surface area contributed by atoms with E-state index in [0.29, 0.717) is 29.4 Å². The monoisotopic (exact) mass is 343 g/mol. The highest BCUT2D eigenvalue weighted by atomic mass is 35.5. The van der Waals surface area contributed by atoms with Gasteiger partial charge in [0.05, 0.1) is 22.9 Å². The van der Waals surface area contributed by atoms with Gasteiger partial charge in [-0.25, -0.2) is 0 Å². The van der Waals surface area contributed by atoms with Crippen LogP contribution in [0.4, 0.5) is 5.69 Å². The molecule has 0 N–H and O–H groups in total. The van der Waals surface area contributed by atoms with Crippen LogP contribution in [0, 0.1) is 6.92 Å². The predicted molar refractivity (Wildman–Crippen MR) is 94.0 cm³/mol. The standard InChI is InChI=1S/C19H18ClNO3/c1-13-6-4-7-14(12-13)24-11-3-2-10-21-17-15(18(22)19(21)23)8-5-9-16(17)20/h4-9,12H,2-3,10-11H2,1H3. The second-order valence-electron chi connectivity index (χ2n) is 5.79. The Balaban J connectivity index is 1.54. The van der Waals surface area contributed by atoms with E-state index in [1.54, 1.807) is 18.2 Å².